The second kappa shape index (κ2) is 3.77. The molecule has 6 unspecified atom stereocenters. The summed E-state index contributed by atoms with van der Waals surface area (Å²) in [5.74, 6) is 1.66. The molecule has 4 rings (SSSR count). The van der Waals surface area contributed by atoms with Crippen molar-refractivity contribution in [2.75, 3.05) is 14.2 Å². The summed E-state index contributed by atoms with van der Waals surface area (Å²) in [6.45, 7) is 0. The van der Waals surface area contributed by atoms with Crippen molar-refractivity contribution < 1.29 is 19.1 Å². The third-order valence-electron chi connectivity index (χ3n) is 6.80. The molecule has 0 saturated heterocycles. The Labute approximate surface area is 119 Å². The third-order valence-corrected chi connectivity index (χ3v) is 6.80. The molecule has 0 aromatic rings. The number of carbonyl (C=O) groups is 2. The van der Waals surface area contributed by atoms with Crippen LogP contribution in [0, 0.1) is 34.5 Å². The van der Waals surface area contributed by atoms with Crippen LogP contribution in [0.15, 0.2) is 0 Å². The second-order valence-electron chi connectivity index (χ2n) is 7.16. The molecular formula is C16H22O4. The first-order valence-electron chi connectivity index (χ1n) is 7.80. The summed E-state index contributed by atoms with van der Waals surface area (Å²) in [6, 6.07) is 0. The standard InChI is InChI=1S/C16H22O4/c1-19-13(17)15-8-16(15,14(18)20-2)12-7-10(12)9-5-3-4-6-11(9)15/h9-12H,3-8H2,1-2H3. The molecule has 110 valence electrons. The van der Waals surface area contributed by atoms with Crippen molar-refractivity contribution in [1.29, 1.82) is 0 Å². The molecule has 4 saturated carbocycles. The molecule has 4 aliphatic carbocycles. The predicted octanol–water partition coefficient (Wildman–Crippen LogP) is 2.17. The van der Waals surface area contributed by atoms with Gasteiger partial charge in [-0.2, -0.15) is 0 Å². The van der Waals surface area contributed by atoms with Gasteiger partial charge in [0.2, 0.25) is 0 Å². The molecule has 0 heterocycles. The number of esters is 2. The molecule has 4 fully saturated rings. The molecule has 0 aromatic carbocycles. The lowest BCUT2D eigenvalue weighted by molar-refractivity contribution is -0.166. The number of rotatable bonds is 2. The maximum atomic E-state index is 12.5. The molecule has 4 nitrogen and oxygen atoms in total. The number of carbonyl (C=O) groups excluding carboxylic acids is 2. The largest absolute Gasteiger partial charge is 0.469 e. The molecule has 4 heteroatoms. The zero-order valence-corrected chi connectivity index (χ0v) is 12.2. The van der Waals surface area contributed by atoms with E-state index < -0.39 is 10.8 Å². The van der Waals surface area contributed by atoms with E-state index in [-0.39, 0.29) is 11.9 Å². The maximum absolute atomic E-state index is 12.5. The van der Waals surface area contributed by atoms with Gasteiger partial charge in [0, 0.05) is 0 Å². The van der Waals surface area contributed by atoms with Gasteiger partial charge in [0.25, 0.3) is 0 Å². The third kappa shape index (κ3) is 1.16. The predicted molar refractivity (Wildman–Crippen MR) is 70.6 cm³/mol. The van der Waals surface area contributed by atoms with Crippen LogP contribution in [0.4, 0.5) is 0 Å². The van der Waals surface area contributed by atoms with Gasteiger partial charge in [-0.3, -0.25) is 9.59 Å². The van der Waals surface area contributed by atoms with Crippen molar-refractivity contribution in [1.82, 2.24) is 0 Å². The van der Waals surface area contributed by atoms with Gasteiger partial charge in [-0.25, -0.2) is 0 Å². The Kier molecular flexibility index (Phi) is 2.39. The fraction of sp³-hybridized carbons (Fsp3) is 0.875. The van der Waals surface area contributed by atoms with Crippen molar-refractivity contribution in [3.8, 4) is 0 Å². The lowest BCUT2D eigenvalue weighted by Crippen LogP contribution is -2.46. The molecular weight excluding hydrogens is 256 g/mol. The minimum Gasteiger partial charge on any atom is -0.469 e. The summed E-state index contributed by atoms with van der Waals surface area (Å²) in [6.07, 6.45) is 6.52. The summed E-state index contributed by atoms with van der Waals surface area (Å²) in [7, 11) is 2.90. The number of ether oxygens (including phenoxy) is 2. The van der Waals surface area contributed by atoms with E-state index in [1.807, 2.05) is 0 Å². The lowest BCUT2D eigenvalue weighted by atomic mass is 9.61. The van der Waals surface area contributed by atoms with E-state index in [1.165, 1.54) is 33.5 Å². The number of fused-ring (bicyclic) bond motifs is 6. The first kappa shape index (κ1) is 12.7. The molecule has 20 heavy (non-hydrogen) atoms. The Bertz CT molecular complexity index is 487. The van der Waals surface area contributed by atoms with Crippen molar-refractivity contribution in [3.63, 3.8) is 0 Å². The van der Waals surface area contributed by atoms with Crippen LogP contribution >= 0.6 is 0 Å². The lowest BCUT2D eigenvalue weighted by Gasteiger charge is -2.42. The van der Waals surface area contributed by atoms with Crippen LogP contribution in [0.5, 0.6) is 0 Å². The van der Waals surface area contributed by atoms with Crippen LogP contribution in [-0.2, 0) is 19.1 Å². The number of hydrogen-bond donors (Lipinski definition) is 0. The van der Waals surface area contributed by atoms with Crippen LogP contribution < -0.4 is 0 Å². The normalized spacial score (nSPS) is 51.1. The Morgan fingerprint density at radius 3 is 2.15 bits per heavy atom. The van der Waals surface area contributed by atoms with Gasteiger partial charge < -0.3 is 9.47 Å². The smallest absolute Gasteiger partial charge is 0.313 e. The van der Waals surface area contributed by atoms with E-state index in [0.717, 1.165) is 12.8 Å². The molecule has 0 amide bonds. The van der Waals surface area contributed by atoms with Gasteiger partial charge >= 0.3 is 11.9 Å². The highest BCUT2D eigenvalue weighted by Crippen LogP contribution is 2.85. The van der Waals surface area contributed by atoms with Gasteiger partial charge in [-0.1, -0.05) is 12.8 Å². The average Bonchev–Trinajstić information content (AvgIpc) is 3.36. The topological polar surface area (TPSA) is 52.6 Å². The molecule has 4 aliphatic rings. The summed E-state index contributed by atoms with van der Waals surface area (Å²) in [5, 5.41) is 0. The van der Waals surface area contributed by atoms with Crippen LogP contribution in [0.3, 0.4) is 0 Å². The molecule has 0 N–H and O–H groups in total. The molecule has 0 bridgehead atoms. The summed E-state index contributed by atoms with van der Waals surface area (Å²) < 4.78 is 10.2. The zero-order chi connectivity index (χ0) is 14.1. The summed E-state index contributed by atoms with van der Waals surface area (Å²) >= 11 is 0. The fourth-order valence-electron chi connectivity index (χ4n) is 6.03. The van der Waals surface area contributed by atoms with E-state index in [0.29, 0.717) is 30.1 Å². The molecule has 0 aromatic heterocycles. The first-order chi connectivity index (χ1) is 9.63. The first-order valence-corrected chi connectivity index (χ1v) is 7.80. The van der Waals surface area contributed by atoms with Crippen LogP contribution in [0.25, 0.3) is 0 Å². The SMILES string of the molecule is COC(=O)C12CC1(C(=O)OC)C1CC1C1CCCCC12. The highest BCUT2D eigenvalue weighted by molar-refractivity contribution is 5.96. The van der Waals surface area contributed by atoms with E-state index >= 15 is 0 Å². The van der Waals surface area contributed by atoms with Gasteiger partial charge in [0.05, 0.1) is 25.0 Å². The summed E-state index contributed by atoms with van der Waals surface area (Å²) in [4.78, 5) is 25.0. The van der Waals surface area contributed by atoms with Crippen LogP contribution in [-0.4, -0.2) is 26.2 Å². The Morgan fingerprint density at radius 2 is 1.50 bits per heavy atom. The second-order valence-corrected chi connectivity index (χ2v) is 7.16. The van der Waals surface area contributed by atoms with Gasteiger partial charge in [0.1, 0.15) is 0 Å². The molecule has 0 spiro atoms. The van der Waals surface area contributed by atoms with E-state index in [1.54, 1.807) is 0 Å². The minimum absolute atomic E-state index is 0.162. The van der Waals surface area contributed by atoms with Crippen molar-refractivity contribution in [2.45, 2.75) is 38.5 Å². The van der Waals surface area contributed by atoms with Gasteiger partial charge in [-0.05, 0) is 49.4 Å². The molecule has 0 aliphatic heterocycles. The Morgan fingerprint density at radius 1 is 0.900 bits per heavy atom. The van der Waals surface area contributed by atoms with Crippen molar-refractivity contribution >= 4 is 11.9 Å². The van der Waals surface area contributed by atoms with E-state index in [9.17, 15) is 9.59 Å². The van der Waals surface area contributed by atoms with Crippen LogP contribution in [0.1, 0.15) is 38.5 Å². The highest BCUT2D eigenvalue weighted by Gasteiger charge is 2.89. The molecule has 0 radical (unpaired) electrons. The monoisotopic (exact) mass is 278 g/mol. The van der Waals surface area contributed by atoms with Gasteiger partial charge in [-0.15, -0.1) is 0 Å². The van der Waals surface area contributed by atoms with Crippen molar-refractivity contribution in [2.24, 2.45) is 34.5 Å². The average molecular weight is 278 g/mol. The molecule has 6 atom stereocenters. The van der Waals surface area contributed by atoms with Gasteiger partial charge in [0.15, 0.2) is 0 Å². The minimum atomic E-state index is -0.558. The van der Waals surface area contributed by atoms with Crippen LogP contribution in [0.2, 0.25) is 0 Å². The van der Waals surface area contributed by atoms with Crippen molar-refractivity contribution in [3.05, 3.63) is 0 Å². The van der Waals surface area contributed by atoms with E-state index in [2.05, 4.69) is 0 Å². The Balaban J connectivity index is 1.79. The number of methoxy groups -OCH3 is 2. The highest BCUT2D eigenvalue weighted by atomic mass is 16.5. The number of hydrogen-bond acceptors (Lipinski definition) is 4. The summed E-state index contributed by atoms with van der Waals surface area (Å²) in [5.41, 5.74) is -1.10. The van der Waals surface area contributed by atoms with E-state index in [4.69, 9.17) is 9.47 Å². The maximum Gasteiger partial charge on any atom is 0.313 e. The zero-order valence-electron chi connectivity index (χ0n) is 12.2. The quantitative estimate of drug-likeness (QED) is 0.726. The fourth-order valence-corrected chi connectivity index (χ4v) is 6.03. The Hall–Kier alpha value is -1.06.